The molecule has 1 aromatic carbocycles. The molecule has 3 aromatic rings. The van der Waals surface area contributed by atoms with Crippen LogP contribution in [0, 0.1) is 19.8 Å². The molecule has 9 nitrogen and oxygen atoms in total. The first-order valence-electron chi connectivity index (χ1n) is 17.1. The molecule has 3 aliphatic heterocycles. The molecule has 2 unspecified atom stereocenters. The average molecular weight is 614 g/mol. The van der Waals surface area contributed by atoms with Gasteiger partial charge in [0.15, 0.2) is 0 Å². The number of carbonyl (C=O) groups is 1. The summed E-state index contributed by atoms with van der Waals surface area (Å²) in [5.41, 5.74) is 7.86. The maximum absolute atomic E-state index is 12.2. The van der Waals surface area contributed by atoms with Gasteiger partial charge in [0.05, 0.1) is 17.8 Å². The largest absolute Gasteiger partial charge is 0.481 e. The van der Waals surface area contributed by atoms with Crippen molar-refractivity contribution in [2.75, 3.05) is 62.6 Å². The van der Waals surface area contributed by atoms with Crippen molar-refractivity contribution in [2.24, 2.45) is 5.92 Å². The van der Waals surface area contributed by atoms with E-state index in [0.717, 1.165) is 106 Å². The van der Waals surface area contributed by atoms with Gasteiger partial charge in [0.1, 0.15) is 5.82 Å². The molecule has 242 valence electrons. The highest BCUT2D eigenvalue weighted by molar-refractivity contribution is 5.68. The van der Waals surface area contributed by atoms with Gasteiger partial charge in [-0.2, -0.15) is 5.10 Å². The topological polar surface area (TPSA) is 89.8 Å². The molecule has 45 heavy (non-hydrogen) atoms. The van der Waals surface area contributed by atoms with E-state index < -0.39 is 5.97 Å². The first-order valence-corrected chi connectivity index (χ1v) is 17.1. The van der Waals surface area contributed by atoms with E-state index in [-0.39, 0.29) is 12.3 Å². The van der Waals surface area contributed by atoms with Crippen molar-refractivity contribution in [3.8, 4) is 5.69 Å². The molecule has 2 fully saturated rings. The molecule has 3 aliphatic rings. The quantitative estimate of drug-likeness (QED) is 0.302. The highest BCUT2D eigenvalue weighted by atomic mass is 16.4. The van der Waals surface area contributed by atoms with Crippen molar-refractivity contribution in [2.45, 2.75) is 78.2 Å². The lowest BCUT2D eigenvalue weighted by molar-refractivity contribution is -0.137. The van der Waals surface area contributed by atoms with E-state index in [2.05, 4.69) is 77.2 Å². The van der Waals surface area contributed by atoms with Gasteiger partial charge >= 0.3 is 5.97 Å². The van der Waals surface area contributed by atoms with Crippen LogP contribution in [-0.2, 0) is 17.6 Å². The summed E-state index contributed by atoms with van der Waals surface area (Å²) in [4.78, 5) is 24.6. The third-order valence-corrected chi connectivity index (χ3v) is 10.1. The Bertz CT molecular complexity index is 1480. The number of hydrogen-bond acceptors (Lipinski definition) is 7. The van der Waals surface area contributed by atoms with Gasteiger partial charge in [-0.05, 0) is 114 Å². The lowest BCUT2D eigenvalue weighted by atomic mass is 9.93. The molecule has 0 spiro atoms. The summed E-state index contributed by atoms with van der Waals surface area (Å²) in [5.74, 6) is 0.844. The number of hydrogen-bond donors (Lipinski definition) is 2. The maximum atomic E-state index is 12.2. The Morgan fingerprint density at radius 1 is 1.04 bits per heavy atom. The van der Waals surface area contributed by atoms with E-state index in [1.165, 1.54) is 23.4 Å². The SMILES string of the molecule is Cc1cc(C)n(-c2cc(C(CC(=O)O)CN3CCC(CCc4ccc5c(n4)NCCC5)C3)cc(N3CCN(C(C)C)CC3)c2)n1. The lowest BCUT2D eigenvalue weighted by Crippen LogP contribution is -2.49. The second-order valence-corrected chi connectivity index (χ2v) is 13.8. The highest BCUT2D eigenvalue weighted by Gasteiger charge is 2.28. The summed E-state index contributed by atoms with van der Waals surface area (Å²) in [7, 11) is 0. The number of benzene rings is 1. The predicted octanol–water partition coefficient (Wildman–Crippen LogP) is 5.29. The molecular formula is C36H51N7O2. The highest BCUT2D eigenvalue weighted by Crippen LogP contribution is 2.32. The second-order valence-electron chi connectivity index (χ2n) is 13.8. The van der Waals surface area contributed by atoms with Gasteiger partial charge in [0.25, 0.3) is 0 Å². The van der Waals surface area contributed by atoms with Crippen LogP contribution in [0.3, 0.4) is 0 Å². The van der Waals surface area contributed by atoms with Gasteiger partial charge in [0.2, 0.25) is 0 Å². The number of nitrogens with one attached hydrogen (secondary N) is 1. The summed E-state index contributed by atoms with van der Waals surface area (Å²) in [5, 5.41) is 18.3. The Kier molecular flexibility index (Phi) is 9.75. The lowest BCUT2D eigenvalue weighted by Gasteiger charge is -2.38. The van der Waals surface area contributed by atoms with Crippen LogP contribution < -0.4 is 10.2 Å². The van der Waals surface area contributed by atoms with E-state index >= 15 is 0 Å². The van der Waals surface area contributed by atoms with Crippen LogP contribution in [0.4, 0.5) is 11.5 Å². The number of rotatable bonds is 11. The van der Waals surface area contributed by atoms with E-state index in [0.29, 0.717) is 12.0 Å². The molecular weight excluding hydrogens is 562 g/mol. The van der Waals surface area contributed by atoms with Crippen molar-refractivity contribution in [3.63, 3.8) is 0 Å². The number of piperazine rings is 1. The van der Waals surface area contributed by atoms with Gasteiger partial charge in [-0.3, -0.25) is 9.69 Å². The van der Waals surface area contributed by atoms with Crippen molar-refractivity contribution < 1.29 is 9.90 Å². The Hall–Kier alpha value is -3.43. The number of aliphatic carboxylic acids is 1. The molecule has 0 amide bonds. The van der Waals surface area contributed by atoms with Crippen LogP contribution in [0.5, 0.6) is 0 Å². The third kappa shape index (κ3) is 7.69. The van der Waals surface area contributed by atoms with E-state index in [4.69, 9.17) is 10.1 Å². The summed E-state index contributed by atoms with van der Waals surface area (Å²) < 4.78 is 2.01. The molecule has 0 radical (unpaired) electrons. The summed E-state index contributed by atoms with van der Waals surface area (Å²) in [6.45, 7) is 16.4. The standard InChI is InChI=1S/C36H51N7O2/c1-25(2)41-14-16-42(17-15-41)33-19-30(20-34(22-33)43-27(4)18-26(3)39-43)31(21-35(44)45)24-40-13-11-28(23-40)7-9-32-10-8-29-6-5-12-37-36(29)38-32/h8,10,18-20,22,25,28,31H,5-7,9,11-17,21,23-24H2,1-4H3,(H,37,38)(H,44,45). The van der Waals surface area contributed by atoms with Crippen LogP contribution >= 0.6 is 0 Å². The number of pyridine rings is 1. The van der Waals surface area contributed by atoms with Crippen LogP contribution in [0.25, 0.3) is 5.69 Å². The van der Waals surface area contributed by atoms with Crippen molar-refractivity contribution in [1.82, 2.24) is 24.6 Å². The average Bonchev–Trinajstić information content (AvgIpc) is 3.63. The Balaban J connectivity index is 1.18. The second kappa shape index (κ2) is 13.9. The van der Waals surface area contributed by atoms with Gasteiger partial charge in [-0.25, -0.2) is 9.67 Å². The zero-order valence-electron chi connectivity index (χ0n) is 27.6. The number of fused-ring (bicyclic) bond motifs is 1. The van der Waals surface area contributed by atoms with Gasteiger partial charge < -0.3 is 20.2 Å². The minimum Gasteiger partial charge on any atom is -0.481 e. The molecule has 2 N–H and O–H groups in total. The number of carboxylic acids is 1. The van der Waals surface area contributed by atoms with Gasteiger partial charge in [-0.15, -0.1) is 0 Å². The van der Waals surface area contributed by atoms with Gasteiger partial charge in [-0.1, -0.05) is 6.07 Å². The number of nitrogens with zero attached hydrogens (tertiary/aromatic N) is 6. The molecule has 2 saturated heterocycles. The van der Waals surface area contributed by atoms with E-state index in [9.17, 15) is 9.90 Å². The van der Waals surface area contributed by atoms with Crippen LogP contribution in [-0.4, -0.2) is 94.0 Å². The Morgan fingerprint density at radius 3 is 2.58 bits per heavy atom. The molecule has 0 bridgehead atoms. The smallest absolute Gasteiger partial charge is 0.304 e. The maximum Gasteiger partial charge on any atom is 0.304 e. The fraction of sp³-hybridized carbons (Fsp3) is 0.583. The molecule has 0 aliphatic carbocycles. The molecule has 9 heteroatoms. The summed E-state index contributed by atoms with van der Waals surface area (Å²) in [6.07, 6.45) is 5.67. The fourth-order valence-corrected chi connectivity index (χ4v) is 7.53. The van der Waals surface area contributed by atoms with E-state index in [1.54, 1.807) is 0 Å². The number of aryl methyl sites for hydroxylation is 4. The third-order valence-electron chi connectivity index (χ3n) is 10.1. The summed E-state index contributed by atoms with van der Waals surface area (Å²) in [6, 6.07) is 13.8. The number of anilines is 2. The van der Waals surface area contributed by atoms with Crippen molar-refractivity contribution in [1.29, 1.82) is 0 Å². The zero-order chi connectivity index (χ0) is 31.5. The van der Waals surface area contributed by atoms with Crippen LogP contribution in [0.15, 0.2) is 36.4 Å². The van der Waals surface area contributed by atoms with Gasteiger partial charge in [0, 0.05) is 74.8 Å². The minimum atomic E-state index is -0.744. The minimum absolute atomic E-state index is 0.0951. The number of aromatic nitrogens is 3. The van der Waals surface area contributed by atoms with Crippen LogP contribution in [0.2, 0.25) is 0 Å². The Morgan fingerprint density at radius 2 is 1.84 bits per heavy atom. The Labute approximate surface area is 268 Å². The van der Waals surface area contributed by atoms with Crippen molar-refractivity contribution in [3.05, 3.63) is 64.6 Å². The molecule has 6 rings (SSSR count). The summed E-state index contributed by atoms with van der Waals surface area (Å²) >= 11 is 0. The first kappa shape index (κ1) is 31.5. The normalized spacial score (nSPS) is 19.9. The first-order chi connectivity index (χ1) is 21.7. The van der Waals surface area contributed by atoms with Crippen molar-refractivity contribution >= 4 is 17.5 Å². The molecule has 2 aromatic heterocycles. The van der Waals surface area contributed by atoms with Crippen LogP contribution in [0.1, 0.15) is 73.7 Å². The fourth-order valence-electron chi connectivity index (χ4n) is 7.53. The monoisotopic (exact) mass is 613 g/mol. The number of likely N-dealkylation sites (tertiary alicyclic amines) is 1. The molecule has 5 heterocycles. The molecule has 2 atom stereocenters. The predicted molar refractivity (Wildman–Crippen MR) is 181 cm³/mol. The number of carboxylic acid groups (broad SMARTS) is 1. The zero-order valence-corrected chi connectivity index (χ0v) is 27.6. The van der Waals surface area contributed by atoms with E-state index in [1.807, 2.05) is 11.6 Å². The molecule has 0 saturated carbocycles.